The minimum atomic E-state index is -0.204. The molecule has 0 atom stereocenters. The van der Waals surface area contributed by atoms with Crippen molar-refractivity contribution in [3.05, 3.63) is 52.4 Å². The molecule has 2 aromatic carbocycles. The summed E-state index contributed by atoms with van der Waals surface area (Å²) >= 11 is 7.57. The van der Waals surface area contributed by atoms with Crippen molar-refractivity contribution in [2.75, 3.05) is 23.8 Å². The second-order valence-corrected chi connectivity index (χ2v) is 7.89. The van der Waals surface area contributed by atoms with E-state index in [1.165, 1.54) is 18.3 Å². The van der Waals surface area contributed by atoms with E-state index in [1.54, 1.807) is 24.3 Å². The second kappa shape index (κ2) is 8.73. The zero-order valence-corrected chi connectivity index (χ0v) is 17.6. The number of amides is 2. The highest BCUT2D eigenvalue weighted by Crippen LogP contribution is 2.38. The monoisotopic (exact) mass is 443 g/mol. The van der Waals surface area contributed by atoms with Gasteiger partial charge >= 0.3 is 0 Å². The van der Waals surface area contributed by atoms with Crippen LogP contribution in [0.5, 0.6) is 11.5 Å². The van der Waals surface area contributed by atoms with Crippen LogP contribution >= 0.6 is 22.9 Å². The Morgan fingerprint density at radius 1 is 1.13 bits per heavy atom. The van der Waals surface area contributed by atoms with E-state index < -0.39 is 0 Å². The van der Waals surface area contributed by atoms with Crippen LogP contribution in [0.1, 0.15) is 12.5 Å². The molecule has 2 N–H and O–H groups in total. The standard InChI is InChI=1S/C21H18ClN3O4S/c1-12(26)23-15-4-2-14(3-5-15)17-11-30-21(24-17)25-19(27)10-13-8-16(22)20-18(9-13)28-6-7-29-20/h2-5,8-9,11H,6-7,10H2,1H3,(H,23,26)(H,24,25,27). The molecule has 4 rings (SSSR count). The van der Waals surface area contributed by atoms with Crippen molar-refractivity contribution in [3.8, 4) is 22.8 Å². The lowest BCUT2D eigenvalue weighted by molar-refractivity contribution is -0.116. The lowest BCUT2D eigenvalue weighted by Gasteiger charge is -2.20. The summed E-state index contributed by atoms with van der Waals surface area (Å²) in [7, 11) is 0. The van der Waals surface area contributed by atoms with E-state index >= 15 is 0 Å². The molecule has 1 aliphatic rings. The van der Waals surface area contributed by atoms with E-state index in [-0.39, 0.29) is 18.2 Å². The molecule has 30 heavy (non-hydrogen) atoms. The normalized spacial score (nSPS) is 12.3. The average molecular weight is 444 g/mol. The van der Waals surface area contributed by atoms with Gasteiger partial charge in [-0.2, -0.15) is 0 Å². The molecule has 0 fully saturated rings. The summed E-state index contributed by atoms with van der Waals surface area (Å²) in [5.74, 6) is 0.738. The van der Waals surface area contributed by atoms with Crippen molar-refractivity contribution < 1.29 is 19.1 Å². The van der Waals surface area contributed by atoms with Gasteiger partial charge in [-0.25, -0.2) is 4.98 Å². The van der Waals surface area contributed by atoms with Gasteiger partial charge in [0.2, 0.25) is 11.8 Å². The van der Waals surface area contributed by atoms with Crippen LogP contribution in [0.25, 0.3) is 11.3 Å². The maximum atomic E-state index is 12.5. The summed E-state index contributed by atoms with van der Waals surface area (Å²) in [5.41, 5.74) is 3.08. The molecule has 3 aromatic rings. The van der Waals surface area contributed by atoms with E-state index in [1.807, 2.05) is 17.5 Å². The number of carbonyl (C=O) groups excluding carboxylic acids is 2. The van der Waals surface area contributed by atoms with Crippen LogP contribution < -0.4 is 20.1 Å². The Morgan fingerprint density at radius 3 is 2.67 bits per heavy atom. The molecule has 2 heterocycles. The molecule has 7 nitrogen and oxygen atoms in total. The van der Waals surface area contributed by atoms with Gasteiger partial charge < -0.3 is 20.1 Å². The van der Waals surface area contributed by atoms with Gasteiger partial charge in [0.05, 0.1) is 17.1 Å². The van der Waals surface area contributed by atoms with Crippen LogP contribution in [0, 0.1) is 0 Å². The van der Waals surface area contributed by atoms with E-state index in [0.717, 1.165) is 16.8 Å². The number of hydrogen-bond donors (Lipinski definition) is 2. The predicted octanol–water partition coefficient (Wildman–Crippen LogP) is 4.37. The van der Waals surface area contributed by atoms with Crippen molar-refractivity contribution in [2.45, 2.75) is 13.3 Å². The fourth-order valence-electron chi connectivity index (χ4n) is 3.01. The first-order valence-electron chi connectivity index (χ1n) is 9.19. The van der Waals surface area contributed by atoms with Crippen molar-refractivity contribution in [2.24, 2.45) is 0 Å². The van der Waals surface area contributed by atoms with Gasteiger partial charge in [0.1, 0.15) is 13.2 Å². The first-order valence-corrected chi connectivity index (χ1v) is 10.4. The first kappa shape index (κ1) is 20.2. The molecule has 0 spiro atoms. The second-order valence-electron chi connectivity index (χ2n) is 6.62. The number of nitrogens with one attached hydrogen (secondary N) is 2. The average Bonchev–Trinajstić information content (AvgIpc) is 3.16. The summed E-state index contributed by atoms with van der Waals surface area (Å²) < 4.78 is 11.0. The molecule has 9 heteroatoms. The molecule has 2 amide bonds. The lowest BCUT2D eigenvalue weighted by atomic mass is 10.1. The van der Waals surface area contributed by atoms with Crippen LogP contribution in [0.15, 0.2) is 41.8 Å². The number of hydrogen-bond acceptors (Lipinski definition) is 6. The van der Waals surface area contributed by atoms with Gasteiger partial charge in [0.15, 0.2) is 16.6 Å². The smallest absolute Gasteiger partial charge is 0.230 e. The summed E-state index contributed by atoms with van der Waals surface area (Å²) in [5, 5.41) is 8.33. The predicted molar refractivity (Wildman–Crippen MR) is 117 cm³/mol. The Morgan fingerprint density at radius 2 is 1.90 bits per heavy atom. The zero-order valence-electron chi connectivity index (χ0n) is 16.0. The van der Waals surface area contributed by atoms with Gasteiger partial charge in [-0.15, -0.1) is 11.3 Å². The van der Waals surface area contributed by atoms with Crippen LogP contribution in [0.2, 0.25) is 5.02 Å². The third-order valence-electron chi connectivity index (χ3n) is 4.27. The largest absolute Gasteiger partial charge is 0.486 e. The van der Waals surface area contributed by atoms with Crippen LogP contribution in [0.3, 0.4) is 0 Å². The SMILES string of the molecule is CC(=O)Nc1ccc(-c2csc(NC(=O)Cc3cc(Cl)c4c(c3)OCCO4)n2)cc1. The highest BCUT2D eigenvalue weighted by molar-refractivity contribution is 7.14. The molecule has 0 saturated heterocycles. The highest BCUT2D eigenvalue weighted by Gasteiger charge is 2.18. The number of fused-ring (bicyclic) bond motifs is 1. The summed E-state index contributed by atoms with van der Waals surface area (Å²) in [4.78, 5) is 28.0. The Bertz CT molecular complexity index is 1100. The minimum Gasteiger partial charge on any atom is -0.486 e. The molecule has 0 radical (unpaired) electrons. The van der Waals surface area contributed by atoms with Gasteiger partial charge in [-0.3, -0.25) is 9.59 Å². The van der Waals surface area contributed by atoms with E-state index in [2.05, 4.69) is 15.6 Å². The fraction of sp³-hybridized carbons (Fsp3) is 0.190. The lowest BCUT2D eigenvalue weighted by Crippen LogP contribution is -2.17. The number of nitrogens with zero attached hydrogens (tertiary/aromatic N) is 1. The van der Waals surface area contributed by atoms with Crippen molar-refractivity contribution >= 4 is 45.6 Å². The number of halogens is 1. The summed E-state index contributed by atoms with van der Waals surface area (Å²) in [6.45, 7) is 2.36. The Labute approximate surface area is 182 Å². The van der Waals surface area contributed by atoms with E-state index in [9.17, 15) is 9.59 Å². The number of thiazole rings is 1. The van der Waals surface area contributed by atoms with Gasteiger partial charge in [0, 0.05) is 23.6 Å². The van der Waals surface area contributed by atoms with Crippen molar-refractivity contribution in [1.29, 1.82) is 0 Å². The number of anilines is 2. The maximum absolute atomic E-state index is 12.5. The van der Waals surface area contributed by atoms with Gasteiger partial charge in [-0.05, 0) is 29.8 Å². The molecule has 1 aromatic heterocycles. The van der Waals surface area contributed by atoms with Gasteiger partial charge in [0.25, 0.3) is 0 Å². The number of benzene rings is 2. The van der Waals surface area contributed by atoms with E-state index in [0.29, 0.717) is 40.6 Å². The third-order valence-corrected chi connectivity index (χ3v) is 5.31. The Balaban J connectivity index is 1.41. The minimum absolute atomic E-state index is 0.124. The molecule has 0 bridgehead atoms. The topological polar surface area (TPSA) is 89.6 Å². The quantitative estimate of drug-likeness (QED) is 0.611. The Kier molecular flexibility index (Phi) is 5.87. The molecular formula is C21H18ClN3O4S. The molecule has 0 aliphatic carbocycles. The molecule has 154 valence electrons. The van der Waals surface area contributed by atoms with Crippen molar-refractivity contribution in [3.63, 3.8) is 0 Å². The first-order chi connectivity index (χ1) is 14.5. The zero-order chi connectivity index (χ0) is 21.1. The van der Waals surface area contributed by atoms with E-state index in [4.69, 9.17) is 21.1 Å². The van der Waals surface area contributed by atoms with Crippen LogP contribution in [-0.4, -0.2) is 30.0 Å². The molecule has 0 unspecified atom stereocenters. The molecule has 1 aliphatic heterocycles. The summed E-state index contributed by atoms with van der Waals surface area (Å²) in [6.07, 6.45) is 0.136. The van der Waals surface area contributed by atoms with Crippen molar-refractivity contribution in [1.82, 2.24) is 4.98 Å². The van der Waals surface area contributed by atoms with Crippen LogP contribution in [-0.2, 0) is 16.0 Å². The maximum Gasteiger partial charge on any atom is 0.230 e. The Hall–Kier alpha value is -3.10. The number of aromatic nitrogens is 1. The third kappa shape index (κ3) is 4.72. The van der Waals surface area contributed by atoms with Gasteiger partial charge in [-0.1, -0.05) is 23.7 Å². The summed E-state index contributed by atoms with van der Waals surface area (Å²) in [6, 6.07) is 10.8. The number of ether oxygens (including phenoxy) is 2. The fourth-order valence-corrected chi connectivity index (χ4v) is 4.03. The highest BCUT2D eigenvalue weighted by atomic mass is 35.5. The number of rotatable bonds is 5. The van der Waals surface area contributed by atoms with Crippen LogP contribution in [0.4, 0.5) is 10.8 Å². The molecular weight excluding hydrogens is 426 g/mol. The molecule has 0 saturated carbocycles. The number of carbonyl (C=O) groups is 2.